The van der Waals surface area contributed by atoms with Crippen LogP contribution in [0.5, 0.6) is 0 Å². The number of carbonyl (C=O) groups excluding carboxylic acids is 1. The second kappa shape index (κ2) is 5.94. The number of ether oxygens (including phenoxy) is 1. The zero-order valence-corrected chi connectivity index (χ0v) is 7.92. The van der Waals surface area contributed by atoms with Gasteiger partial charge in [0.25, 0.3) is 0 Å². The molecule has 13 heavy (non-hydrogen) atoms. The van der Waals surface area contributed by atoms with E-state index in [-0.39, 0.29) is 12.5 Å². The van der Waals surface area contributed by atoms with E-state index in [9.17, 15) is 4.79 Å². The van der Waals surface area contributed by atoms with Gasteiger partial charge in [0.2, 0.25) is 5.91 Å². The van der Waals surface area contributed by atoms with Crippen molar-refractivity contribution in [2.45, 2.75) is 19.3 Å². The number of hydrogen-bond acceptors (Lipinski definition) is 3. The summed E-state index contributed by atoms with van der Waals surface area (Å²) in [6.07, 6.45) is 3.68. The van der Waals surface area contributed by atoms with Crippen molar-refractivity contribution < 1.29 is 9.53 Å². The van der Waals surface area contributed by atoms with Crippen molar-refractivity contribution in [3.63, 3.8) is 0 Å². The topological polar surface area (TPSA) is 64.4 Å². The molecule has 0 aromatic heterocycles. The van der Waals surface area contributed by atoms with Crippen LogP contribution in [0.2, 0.25) is 0 Å². The minimum Gasteiger partial charge on any atom is -0.371 e. The van der Waals surface area contributed by atoms with E-state index in [2.05, 4.69) is 5.32 Å². The standard InChI is InChI=1S/C9H18N2O2/c10-9(12)7-13-6-8-3-1-2-4-11-5-8/h8,11H,1-7H2,(H2,10,12). The lowest BCUT2D eigenvalue weighted by Gasteiger charge is -2.13. The Bertz CT molecular complexity index is 154. The predicted octanol–water partition coefficient (Wildman–Crippen LogP) is -0.122. The van der Waals surface area contributed by atoms with E-state index in [1.807, 2.05) is 0 Å². The van der Waals surface area contributed by atoms with Gasteiger partial charge in [-0.25, -0.2) is 0 Å². The lowest BCUT2D eigenvalue weighted by atomic mass is 10.1. The minimum atomic E-state index is -0.387. The quantitative estimate of drug-likeness (QED) is 0.643. The summed E-state index contributed by atoms with van der Waals surface area (Å²) in [5, 5.41) is 3.34. The van der Waals surface area contributed by atoms with Crippen molar-refractivity contribution in [1.82, 2.24) is 5.32 Å². The van der Waals surface area contributed by atoms with Gasteiger partial charge in [-0.2, -0.15) is 0 Å². The molecule has 0 aromatic rings. The van der Waals surface area contributed by atoms with Crippen LogP contribution in [-0.2, 0) is 9.53 Å². The van der Waals surface area contributed by atoms with Gasteiger partial charge in [0.1, 0.15) is 6.61 Å². The van der Waals surface area contributed by atoms with Crippen molar-refractivity contribution in [3.05, 3.63) is 0 Å². The number of amides is 1. The first kappa shape index (κ1) is 10.5. The average molecular weight is 186 g/mol. The fourth-order valence-corrected chi connectivity index (χ4v) is 1.56. The Kier molecular flexibility index (Phi) is 4.78. The van der Waals surface area contributed by atoms with Crippen molar-refractivity contribution in [1.29, 1.82) is 0 Å². The molecular weight excluding hydrogens is 168 g/mol. The number of nitrogens with one attached hydrogen (secondary N) is 1. The fourth-order valence-electron chi connectivity index (χ4n) is 1.56. The number of nitrogens with two attached hydrogens (primary N) is 1. The Balaban J connectivity index is 2.08. The maximum absolute atomic E-state index is 10.4. The molecule has 0 aliphatic carbocycles. The van der Waals surface area contributed by atoms with Crippen molar-refractivity contribution >= 4 is 5.91 Å². The summed E-state index contributed by atoms with van der Waals surface area (Å²) in [5.74, 6) is 0.156. The van der Waals surface area contributed by atoms with Gasteiger partial charge in [0.15, 0.2) is 0 Å². The molecule has 3 N–H and O–H groups in total. The van der Waals surface area contributed by atoms with E-state index in [4.69, 9.17) is 10.5 Å². The molecule has 1 aliphatic rings. The maximum atomic E-state index is 10.4. The summed E-state index contributed by atoms with van der Waals surface area (Å²) >= 11 is 0. The Morgan fingerprint density at radius 3 is 3.15 bits per heavy atom. The maximum Gasteiger partial charge on any atom is 0.243 e. The van der Waals surface area contributed by atoms with Gasteiger partial charge in [-0.3, -0.25) is 4.79 Å². The Hall–Kier alpha value is -0.610. The van der Waals surface area contributed by atoms with E-state index >= 15 is 0 Å². The van der Waals surface area contributed by atoms with Gasteiger partial charge in [-0.15, -0.1) is 0 Å². The summed E-state index contributed by atoms with van der Waals surface area (Å²) in [7, 11) is 0. The Morgan fingerprint density at radius 2 is 2.38 bits per heavy atom. The summed E-state index contributed by atoms with van der Waals surface area (Å²) in [6, 6.07) is 0. The lowest BCUT2D eigenvalue weighted by molar-refractivity contribution is -0.122. The highest BCUT2D eigenvalue weighted by Crippen LogP contribution is 2.11. The smallest absolute Gasteiger partial charge is 0.243 e. The van der Waals surface area contributed by atoms with Gasteiger partial charge in [0, 0.05) is 6.54 Å². The van der Waals surface area contributed by atoms with Gasteiger partial charge in [-0.1, -0.05) is 6.42 Å². The molecule has 1 aliphatic heterocycles. The molecule has 0 aromatic carbocycles. The van der Waals surface area contributed by atoms with Gasteiger partial charge >= 0.3 is 0 Å². The molecule has 1 fully saturated rings. The fraction of sp³-hybridized carbons (Fsp3) is 0.889. The molecule has 4 nitrogen and oxygen atoms in total. The molecule has 4 heteroatoms. The van der Waals surface area contributed by atoms with Crippen molar-refractivity contribution in [2.24, 2.45) is 11.7 Å². The number of carbonyl (C=O) groups is 1. The Labute approximate surface area is 78.8 Å². The third-order valence-corrected chi connectivity index (χ3v) is 2.25. The molecule has 1 saturated heterocycles. The highest BCUT2D eigenvalue weighted by molar-refractivity contribution is 5.74. The van der Waals surface area contributed by atoms with Crippen LogP contribution >= 0.6 is 0 Å². The highest BCUT2D eigenvalue weighted by atomic mass is 16.5. The molecule has 0 bridgehead atoms. The molecule has 0 spiro atoms. The van der Waals surface area contributed by atoms with Crippen LogP contribution in [0.3, 0.4) is 0 Å². The molecule has 1 rings (SSSR count). The molecule has 1 unspecified atom stereocenters. The van der Waals surface area contributed by atoms with Crippen LogP contribution in [0.4, 0.5) is 0 Å². The first-order chi connectivity index (χ1) is 6.29. The third-order valence-electron chi connectivity index (χ3n) is 2.25. The Morgan fingerprint density at radius 1 is 1.54 bits per heavy atom. The number of primary amides is 1. The zero-order chi connectivity index (χ0) is 9.52. The molecule has 0 saturated carbocycles. The van der Waals surface area contributed by atoms with E-state index in [0.717, 1.165) is 13.1 Å². The number of hydrogen-bond donors (Lipinski definition) is 2. The lowest BCUT2D eigenvalue weighted by Crippen LogP contribution is -2.26. The third kappa shape index (κ3) is 4.85. The first-order valence-corrected chi connectivity index (χ1v) is 4.86. The molecule has 1 atom stereocenters. The van der Waals surface area contributed by atoms with Gasteiger partial charge < -0.3 is 15.8 Å². The highest BCUT2D eigenvalue weighted by Gasteiger charge is 2.11. The van der Waals surface area contributed by atoms with Crippen LogP contribution in [0.15, 0.2) is 0 Å². The normalized spacial score (nSPS) is 23.8. The predicted molar refractivity (Wildman–Crippen MR) is 50.2 cm³/mol. The van der Waals surface area contributed by atoms with E-state index in [1.165, 1.54) is 19.3 Å². The second-order valence-electron chi connectivity index (χ2n) is 3.55. The molecule has 0 radical (unpaired) electrons. The zero-order valence-electron chi connectivity index (χ0n) is 7.92. The van der Waals surface area contributed by atoms with Gasteiger partial charge in [0.05, 0.1) is 6.61 Å². The summed E-state index contributed by atoms with van der Waals surface area (Å²) in [5.41, 5.74) is 4.96. The summed E-state index contributed by atoms with van der Waals surface area (Å²) < 4.78 is 5.18. The van der Waals surface area contributed by atoms with Crippen molar-refractivity contribution in [3.8, 4) is 0 Å². The van der Waals surface area contributed by atoms with Crippen LogP contribution in [-0.4, -0.2) is 32.2 Å². The monoisotopic (exact) mass is 186 g/mol. The second-order valence-corrected chi connectivity index (χ2v) is 3.55. The van der Waals surface area contributed by atoms with Crippen LogP contribution in [0.25, 0.3) is 0 Å². The average Bonchev–Trinajstić information content (AvgIpc) is 2.32. The largest absolute Gasteiger partial charge is 0.371 e. The molecule has 1 heterocycles. The van der Waals surface area contributed by atoms with E-state index in [1.54, 1.807) is 0 Å². The number of rotatable bonds is 4. The van der Waals surface area contributed by atoms with Gasteiger partial charge in [-0.05, 0) is 25.3 Å². The molecular formula is C9H18N2O2. The summed E-state index contributed by atoms with van der Waals surface area (Å²) in [4.78, 5) is 10.4. The molecule has 76 valence electrons. The van der Waals surface area contributed by atoms with E-state index < -0.39 is 0 Å². The minimum absolute atomic E-state index is 0.0521. The molecule has 1 amide bonds. The SMILES string of the molecule is NC(=O)COCC1CCCCNC1. The van der Waals surface area contributed by atoms with Crippen molar-refractivity contribution in [2.75, 3.05) is 26.3 Å². The van der Waals surface area contributed by atoms with Crippen LogP contribution in [0, 0.1) is 5.92 Å². The summed E-state index contributed by atoms with van der Waals surface area (Å²) in [6.45, 7) is 2.80. The first-order valence-electron chi connectivity index (χ1n) is 4.86. The van der Waals surface area contributed by atoms with Crippen LogP contribution in [0.1, 0.15) is 19.3 Å². The van der Waals surface area contributed by atoms with Crippen LogP contribution < -0.4 is 11.1 Å². The van der Waals surface area contributed by atoms with E-state index in [0.29, 0.717) is 12.5 Å².